The van der Waals surface area contributed by atoms with Crippen molar-refractivity contribution < 1.29 is 4.79 Å². The second-order valence-electron chi connectivity index (χ2n) is 5.46. The van der Waals surface area contributed by atoms with E-state index in [-0.39, 0.29) is 11.8 Å². The van der Waals surface area contributed by atoms with Gasteiger partial charge in [-0.1, -0.05) is 18.2 Å². The number of fused-ring (bicyclic) bond motifs is 1. The van der Waals surface area contributed by atoms with Gasteiger partial charge in [-0.15, -0.1) is 0 Å². The molecule has 0 bridgehead atoms. The number of nitrogens with zero attached hydrogens (tertiary/aromatic N) is 2. The highest BCUT2D eigenvalue weighted by Crippen LogP contribution is 2.24. The predicted octanol–water partition coefficient (Wildman–Crippen LogP) is 1.36. The van der Waals surface area contributed by atoms with Gasteiger partial charge in [0.15, 0.2) is 0 Å². The summed E-state index contributed by atoms with van der Waals surface area (Å²) in [6.07, 6.45) is 3.49. The van der Waals surface area contributed by atoms with E-state index >= 15 is 0 Å². The van der Waals surface area contributed by atoms with E-state index in [2.05, 4.69) is 27.9 Å². The lowest BCUT2D eigenvalue weighted by Crippen LogP contribution is -2.39. The van der Waals surface area contributed by atoms with Gasteiger partial charge in [-0.25, -0.2) is 0 Å². The summed E-state index contributed by atoms with van der Waals surface area (Å²) < 4.78 is 1.78. The normalized spacial score (nSPS) is 16.9. The highest BCUT2D eigenvalue weighted by molar-refractivity contribution is 5.80. The van der Waals surface area contributed by atoms with E-state index in [4.69, 9.17) is 0 Å². The number of rotatable bonds is 4. The maximum absolute atomic E-state index is 12.2. The van der Waals surface area contributed by atoms with Gasteiger partial charge in [-0.3, -0.25) is 9.48 Å². The van der Waals surface area contributed by atoms with E-state index in [1.54, 1.807) is 4.68 Å². The Morgan fingerprint density at radius 1 is 1.43 bits per heavy atom. The number of benzene rings is 1. The lowest BCUT2D eigenvalue weighted by molar-refractivity contribution is -0.124. The molecule has 0 radical (unpaired) electrons. The van der Waals surface area contributed by atoms with Crippen molar-refractivity contribution in [1.29, 1.82) is 0 Å². The third-order valence-electron chi connectivity index (χ3n) is 3.84. The monoisotopic (exact) mass is 284 g/mol. The van der Waals surface area contributed by atoms with Gasteiger partial charge in [0.2, 0.25) is 5.91 Å². The van der Waals surface area contributed by atoms with E-state index in [0.29, 0.717) is 13.1 Å². The number of aryl methyl sites for hydroxylation is 1. The van der Waals surface area contributed by atoms with Crippen molar-refractivity contribution in [3.05, 3.63) is 47.8 Å². The predicted molar refractivity (Wildman–Crippen MR) is 82.0 cm³/mol. The van der Waals surface area contributed by atoms with Crippen LogP contribution >= 0.6 is 0 Å². The van der Waals surface area contributed by atoms with Gasteiger partial charge in [0.25, 0.3) is 0 Å². The molecule has 0 saturated heterocycles. The number of carbonyl (C=O) groups excluding carboxylic acids is 1. The fraction of sp³-hybridized carbons (Fsp3) is 0.375. The van der Waals surface area contributed by atoms with Crippen LogP contribution in [0.3, 0.4) is 0 Å². The summed E-state index contributed by atoms with van der Waals surface area (Å²) >= 11 is 0. The summed E-state index contributed by atoms with van der Waals surface area (Å²) in [6, 6.07) is 10.1. The Morgan fingerprint density at radius 3 is 3.10 bits per heavy atom. The summed E-state index contributed by atoms with van der Waals surface area (Å²) in [4.78, 5) is 12.2. The molecule has 3 rings (SSSR count). The van der Waals surface area contributed by atoms with Crippen LogP contribution in [0.2, 0.25) is 0 Å². The minimum Gasteiger partial charge on any atom is -0.384 e. The highest BCUT2D eigenvalue weighted by atomic mass is 16.1. The molecule has 2 aromatic rings. The van der Waals surface area contributed by atoms with E-state index in [9.17, 15) is 4.79 Å². The molecule has 1 atom stereocenters. The number of anilines is 1. The van der Waals surface area contributed by atoms with Crippen LogP contribution in [-0.2, 0) is 24.7 Å². The van der Waals surface area contributed by atoms with Crippen LogP contribution < -0.4 is 10.6 Å². The third-order valence-corrected chi connectivity index (χ3v) is 3.84. The molecular formula is C16H20N4O. The molecule has 1 amide bonds. The zero-order valence-corrected chi connectivity index (χ0v) is 12.2. The fourth-order valence-electron chi connectivity index (χ4n) is 2.68. The molecule has 21 heavy (non-hydrogen) atoms. The number of hydrogen-bond donors (Lipinski definition) is 2. The van der Waals surface area contributed by atoms with E-state index in [1.165, 1.54) is 5.56 Å². The Hall–Kier alpha value is -2.30. The minimum absolute atomic E-state index is 0.00336. The number of para-hydroxylation sites is 1. The molecule has 1 aliphatic rings. The van der Waals surface area contributed by atoms with Crippen molar-refractivity contribution in [3.63, 3.8) is 0 Å². The molecule has 0 saturated carbocycles. The first-order valence-corrected chi connectivity index (χ1v) is 7.30. The summed E-state index contributed by atoms with van der Waals surface area (Å²) in [5.41, 5.74) is 3.37. The van der Waals surface area contributed by atoms with Crippen LogP contribution in [0.5, 0.6) is 0 Å². The van der Waals surface area contributed by atoms with E-state index in [1.807, 2.05) is 31.4 Å². The molecule has 1 aromatic heterocycles. The van der Waals surface area contributed by atoms with Gasteiger partial charge in [0.05, 0.1) is 11.6 Å². The molecule has 110 valence electrons. The van der Waals surface area contributed by atoms with Crippen LogP contribution in [0, 0.1) is 5.92 Å². The van der Waals surface area contributed by atoms with Gasteiger partial charge >= 0.3 is 0 Å². The molecule has 0 aliphatic carbocycles. The molecule has 5 heteroatoms. The van der Waals surface area contributed by atoms with Crippen LogP contribution in [0.15, 0.2) is 36.5 Å². The summed E-state index contributed by atoms with van der Waals surface area (Å²) in [5, 5.41) is 10.6. The molecule has 1 aliphatic heterocycles. The Bertz CT molecular complexity index is 635. The third kappa shape index (κ3) is 3.24. The van der Waals surface area contributed by atoms with Gasteiger partial charge in [0, 0.05) is 38.4 Å². The highest BCUT2D eigenvalue weighted by Gasteiger charge is 2.23. The van der Waals surface area contributed by atoms with Crippen molar-refractivity contribution in [3.8, 4) is 0 Å². The summed E-state index contributed by atoms with van der Waals surface area (Å²) in [7, 11) is 1.90. The van der Waals surface area contributed by atoms with Gasteiger partial charge in [0.1, 0.15) is 0 Å². The zero-order valence-electron chi connectivity index (χ0n) is 12.2. The first kappa shape index (κ1) is 13.7. The Balaban J connectivity index is 1.50. The summed E-state index contributed by atoms with van der Waals surface area (Å²) in [5.74, 6) is 0.122. The van der Waals surface area contributed by atoms with Crippen molar-refractivity contribution in [2.24, 2.45) is 13.0 Å². The van der Waals surface area contributed by atoms with Crippen molar-refractivity contribution in [1.82, 2.24) is 15.1 Å². The van der Waals surface area contributed by atoms with Gasteiger partial charge < -0.3 is 10.6 Å². The molecular weight excluding hydrogens is 264 g/mol. The second kappa shape index (κ2) is 5.99. The maximum atomic E-state index is 12.2. The number of hydrogen-bond acceptors (Lipinski definition) is 3. The molecule has 1 unspecified atom stereocenters. The van der Waals surface area contributed by atoms with E-state index in [0.717, 1.165) is 24.2 Å². The molecule has 2 N–H and O–H groups in total. The number of nitrogens with one attached hydrogen (secondary N) is 2. The SMILES string of the molecule is Cn1ccc(CCNC(=O)C2CNc3ccccc3C2)n1. The Kier molecular flexibility index (Phi) is 3.90. The standard InChI is InChI=1S/C16H20N4O/c1-20-9-7-14(19-20)6-8-17-16(21)13-10-12-4-2-3-5-15(12)18-11-13/h2-5,7,9,13,18H,6,8,10-11H2,1H3,(H,17,21). The Labute approximate surface area is 124 Å². The number of carbonyl (C=O) groups is 1. The van der Waals surface area contributed by atoms with Crippen molar-refractivity contribution >= 4 is 11.6 Å². The lowest BCUT2D eigenvalue weighted by Gasteiger charge is -2.25. The largest absolute Gasteiger partial charge is 0.384 e. The molecule has 0 fully saturated rings. The molecule has 0 spiro atoms. The number of aromatic nitrogens is 2. The van der Waals surface area contributed by atoms with Gasteiger partial charge in [-0.05, 0) is 24.1 Å². The fourth-order valence-corrected chi connectivity index (χ4v) is 2.68. The maximum Gasteiger partial charge on any atom is 0.225 e. The quantitative estimate of drug-likeness (QED) is 0.891. The first-order chi connectivity index (χ1) is 10.2. The second-order valence-corrected chi connectivity index (χ2v) is 5.46. The van der Waals surface area contributed by atoms with E-state index < -0.39 is 0 Å². The van der Waals surface area contributed by atoms with Crippen LogP contribution in [-0.4, -0.2) is 28.8 Å². The topological polar surface area (TPSA) is 59.0 Å². The van der Waals surface area contributed by atoms with Crippen LogP contribution in [0.1, 0.15) is 11.3 Å². The van der Waals surface area contributed by atoms with Gasteiger partial charge in [-0.2, -0.15) is 5.10 Å². The lowest BCUT2D eigenvalue weighted by atomic mass is 9.93. The zero-order chi connectivity index (χ0) is 14.7. The average Bonchev–Trinajstić information content (AvgIpc) is 2.92. The molecule has 5 nitrogen and oxygen atoms in total. The van der Waals surface area contributed by atoms with Crippen LogP contribution in [0.25, 0.3) is 0 Å². The minimum atomic E-state index is 0.00336. The Morgan fingerprint density at radius 2 is 2.29 bits per heavy atom. The smallest absolute Gasteiger partial charge is 0.225 e. The van der Waals surface area contributed by atoms with Crippen molar-refractivity contribution in [2.75, 3.05) is 18.4 Å². The average molecular weight is 284 g/mol. The van der Waals surface area contributed by atoms with Crippen molar-refractivity contribution in [2.45, 2.75) is 12.8 Å². The number of amides is 1. The van der Waals surface area contributed by atoms with Crippen LogP contribution in [0.4, 0.5) is 5.69 Å². The first-order valence-electron chi connectivity index (χ1n) is 7.30. The molecule has 2 heterocycles. The summed E-state index contributed by atoms with van der Waals surface area (Å²) in [6.45, 7) is 1.33. The molecule has 1 aromatic carbocycles.